The van der Waals surface area contributed by atoms with Gasteiger partial charge in [-0.15, -0.1) is 0 Å². The smallest absolute Gasteiger partial charge is 0.0349 e. The second kappa shape index (κ2) is 7.73. The van der Waals surface area contributed by atoms with Crippen LogP contribution in [-0.2, 0) is 0 Å². The molecule has 0 N–H and O–H groups in total. The van der Waals surface area contributed by atoms with Crippen LogP contribution in [-0.4, -0.2) is 4.98 Å². The average molecular weight is 255 g/mol. The highest BCUT2D eigenvalue weighted by molar-refractivity contribution is 5.70. The van der Waals surface area contributed by atoms with Crippen molar-refractivity contribution in [3.8, 4) is 11.1 Å². The van der Waals surface area contributed by atoms with Crippen molar-refractivity contribution in [1.29, 1.82) is 0 Å². The van der Waals surface area contributed by atoms with Crippen molar-refractivity contribution in [3.05, 3.63) is 53.9 Å². The van der Waals surface area contributed by atoms with Gasteiger partial charge in [0.2, 0.25) is 0 Å². The number of aromatic nitrogens is 1. The molecule has 1 nitrogen and oxygen atoms in total. The fraction of sp³-hybridized carbons (Fsp3) is 0.389. The van der Waals surface area contributed by atoms with Gasteiger partial charge in [0, 0.05) is 18.0 Å². The molecule has 1 atom stereocenters. The summed E-state index contributed by atoms with van der Waals surface area (Å²) in [5, 5.41) is 0. The average Bonchev–Trinajstić information content (AvgIpc) is 2.49. The molecule has 0 bridgehead atoms. The van der Waals surface area contributed by atoms with E-state index in [0.29, 0.717) is 5.92 Å². The molecule has 0 saturated heterocycles. The van der Waals surface area contributed by atoms with E-state index in [0.717, 1.165) is 6.42 Å². The summed E-state index contributed by atoms with van der Waals surface area (Å²) in [7, 11) is 0. The summed E-state index contributed by atoms with van der Waals surface area (Å²) in [5.74, 6) is 0.589. The third kappa shape index (κ3) is 3.66. The minimum absolute atomic E-state index is 0.589. The lowest BCUT2D eigenvalue weighted by atomic mass is 9.89. The third-order valence-corrected chi connectivity index (χ3v) is 3.43. The van der Waals surface area contributed by atoms with Gasteiger partial charge in [-0.1, -0.05) is 52.0 Å². The molecule has 0 aliphatic carbocycles. The molecule has 2 rings (SSSR count). The van der Waals surface area contributed by atoms with Crippen LogP contribution in [0.25, 0.3) is 11.1 Å². The van der Waals surface area contributed by atoms with E-state index >= 15 is 0 Å². The largest absolute Gasteiger partial charge is 0.264 e. The van der Waals surface area contributed by atoms with Gasteiger partial charge in [-0.2, -0.15) is 0 Å². The maximum absolute atomic E-state index is 4.25. The summed E-state index contributed by atoms with van der Waals surface area (Å²) in [5.41, 5.74) is 5.29. The van der Waals surface area contributed by atoms with Gasteiger partial charge in [0.1, 0.15) is 0 Å². The minimum Gasteiger partial charge on any atom is -0.264 e. The van der Waals surface area contributed by atoms with Crippen LogP contribution < -0.4 is 0 Å². The molecule has 0 amide bonds. The molecule has 0 aliphatic rings. The monoisotopic (exact) mass is 255 g/mol. The molecule has 0 aliphatic heterocycles. The third-order valence-electron chi connectivity index (χ3n) is 3.43. The molecule has 1 aromatic carbocycles. The SMILES string of the molecule is CC.CCC(C)c1ccccc1-c1cnccc1C. The van der Waals surface area contributed by atoms with E-state index in [9.17, 15) is 0 Å². The van der Waals surface area contributed by atoms with Gasteiger partial charge in [0.25, 0.3) is 0 Å². The predicted octanol–water partition coefficient (Wildman–Crippen LogP) is 5.60. The maximum atomic E-state index is 4.25. The molecule has 19 heavy (non-hydrogen) atoms. The Balaban J connectivity index is 0.000000861. The summed E-state index contributed by atoms with van der Waals surface area (Å²) < 4.78 is 0. The lowest BCUT2D eigenvalue weighted by Crippen LogP contribution is -1.96. The Labute approximate surface area is 117 Å². The molecule has 0 radical (unpaired) electrons. The van der Waals surface area contributed by atoms with E-state index in [-0.39, 0.29) is 0 Å². The van der Waals surface area contributed by atoms with Crippen LogP contribution in [0.4, 0.5) is 0 Å². The standard InChI is InChI=1S/C16H19N.C2H6/c1-4-12(2)14-7-5-6-8-15(14)16-11-17-10-9-13(16)3;1-2/h5-12H,4H2,1-3H3;1-2H3. The van der Waals surface area contributed by atoms with Crippen molar-refractivity contribution in [2.24, 2.45) is 0 Å². The first kappa shape index (κ1) is 15.4. The molecule has 1 heterocycles. The van der Waals surface area contributed by atoms with E-state index in [4.69, 9.17) is 0 Å². The van der Waals surface area contributed by atoms with E-state index in [1.807, 2.05) is 26.2 Å². The zero-order valence-corrected chi connectivity index (χ0v) is 12.8. The van der Waals surface area contributed by atoms with Gasteiger partial charge in [-0.05, 0) is 42.0 Å². The van der Waals surface area contributed by atoms with Crippen molar-refractivity contribution in [2.45, 2.75) is 47.0 Å². The fourth-order valence-corrected chi connectivity index (χ4v) is 2.14. The molecular formula is C18H25N. The number of benzene rings is 1. The topological polar surface area (TPSA) is 12.9 Å². The summed E-state index contributed by atoms with van der Waals surface area (Å²) in [4.78, 5) is 4.25. The molecule has 0 saturated carbocycles. The Bertz CT molecular complexity index is 503. The highest BCUT2D eigenvalue weighted by Crippen LogP contribution is 2.31. The van der Waals surface area contributed by atoms with Crippen LogP contribution >= 0.6 is 0 Å². The van der Waals surface area contributed by atoms with Gasteiger partial charge in [-0.3, -0.25) is 4.98 Å². The molecule has 1 unspecified atom stereocenters. The quantitative estimate of drug-likeness (QED) is 0.696. The Morgan fingerprint density at radius 2 is 1.74 bits per heavy atom. The fourth-order valence-electron chi connectivity index (χ4n) is 2.14. The first-order chi connectivity index (χ1) is 9.24. The van der Waals surface area contributed by atoms with E-state index in [1.165, 1.54) is 22.3 Å². The number of hydrogen-bond donors (Lipinski definition) is 0. The summed E-state index contributed by atoms with van der Waals surface area (Å²) in [6.45, 7) is 10.7. The predicted molar refractivity (Wildman–Crippen MR) is 84.5 cm³/mol. The number of rotatable bonds is 3. The zero-order valence-electron chi connectivity index (χ0n) is 12.8. The molecule has 1 heteroatoms. The number of nitrogens with zero attached hydrogens (tertiary/aromatic N) is 1. The van der Waals surface area contributed by atoms with E-state index in [2.05, 4.69) is 56.1 Å². The highest BCUT2D eigenvalue weighted by Gasteiger charge is 2.11. The summed E-state index contributed by atoms with van der Waals surface area (Å²) in [6.07, 6.45) is 4.98. The van der Waals surface area contributed by atoms with Crippen LogP contribution in [0, 0.1) is 6.92 Å². The van der Waals surface area contributed by atoms with Gasteiger partial charge in [0.05, 0.1) is 0 Å². The normalized spacial score (nSPS) is 11.4. The zero-order chi connectivity index (χ0) is 14.3. The van der Waals surface area contributed by atoms with Crippen molar-refractivity contribution in [2.75, 3.05) is 0 Å². The Morgan fingerprint density at radius 1 is 1.05 bits per heavy atom. The molecule has 1 aromatic heterocycles. The Morgan fingerprint density at radius 3 is 2.37 bits per heavy atom. The Kier molecular flexibility index (Phi) is 6.27. The summed E-state index contributed by atoms with van der Waals surface area (Å²) in [6, 6.07) is 10.7. The van der Waals surface area contributed by atoms with Crippen LogP contribution in [0.15, 0.2) is 42.7 Å². The van der Waals surface area contributed by atoms with Crippen molar-refractivity contribution >= 4 is 0 Å². The van der Waals surface area contributed by atoms with Crippen LogP contribution in [0.5, 0.6) is 0 Å². The second-order valence-electron chi connectivity index (χ2n) is 4.59. The van der Waals surface area contributed by atoms with Gasteiger partial charge in [-0.25, -0.2) is 0 Å². The van der Waals surface area contributed by atoms with Crippen LogP contribution in [0.1, 0.15) is 51.2 Å². The first-order valence-corrected chi connectivity index (χ1v) is 7.24. The number of aryl methyl sites for hydroxylation is 1. The van der Waals surface area contributed by atoms with Gasteiger partial charge >= 0.3 is 0 Å². The minimum atomic E-state index is 0.589. The number of pyridine rings is 1. The molecule has 102 valence electrons. The van der Waals surface area contributed by atoms with Crippen LogP contribution in [0.2, 0.25) is 0 Å². The highest BCUT2D eigenvalue weighted by atomic mass is 14.6. The molecular weight excluding hydrogens is 230 g/mol. The first-order valence-electron chi connectivity index (χ1n) is 7.24. The van der Waals surface area contributed by atoms with Crippen molar-refractivity contribution in [1.82, 2.24) is 4.98 Å². The molecule has 0 fully saturated rings. The molecule has 2 aromatic rings. The maximum Gasteiger partial charge on any atom is 0.0349 e. The molecule has 0 spiro atoms. The second-order valence-corrected chi connectivity index (χ2v) is 4.59. The van der Waals surface area contributed by atoms with Crippen molar-refractivity contribution < 1.29 is 0 Å². The Hall–Kier alpha value is -1.63. The number of hydrogen-bond acceptors (Lipinski definition) is 1. The van der Waals surface area contributed by atoms with Gasteiger partial charge in [0.15, 0.2) is 0 Å². The summed E-state index contributed by atoms with van der Waals surface area (Å²) >= 11 is 0. The lowest BCUT2D eigenvalue weighted by molar-refractivity contribution is 0.735. The lowest BCUT2D eigenvalue weighted by Gasteiger charge is -2.16. The van der Waals surface area contributed by atoms with E-state index in [1.54, 1.807) is 0 Å². The van der Waals surface area contributed by atoms with Gasteiger partial charge < -0.3 is 0 Å². The van der Waals surface area contributed by atoms with Crippen molar-refractivity contribution in [3.63, 3.8) is 0 Å². The van der Waals surface area contributed by atoms with E-state index < -0.39 is 0 Å². The van der Waals surface area contributed by atoms with Crippen LogP contribution in [0.3, 0.4) is 0 Å².